The van der Waals surface area contributed by atoms with E-state index in [1.807, 2.05) is 54.7 Å². The zero-order chi connectivity index (χ0) is 16.6. The van der Waals surface area contributed by atoms with Gasteiger partial charge in [-0.3, -0.25) is 9.48 Å². The third-order valence-corrected chi connectivity index (χ3v) is 5.26. The molecule has 0 saturated carbocycles. The maximum absolute atomic E-state index is 12.8. The predicted molar refractivity (Wildman–Crippen MR) is 89.2 cm³/mol. The summed E-state index contributed by atoms with van der Waals surface area (Å²) in [6.45, 7) is 11.9. The second-order valence-electron chi connectivity index (χ2n) is 5.86. The summed E-state index contributed by atoms with van der Waals surface area (Å²) in [6.07, 6.45) is 0. The molecular weight excluding hydrogens is 296 g/mol. The first-order chi connectivity index (χ1) is 10.2. The molecule has 0 bridgehead atoms. The van der Waals surface area contributed by atoms with Gasteiger partial charge in [-0.25, -0.2) is 4.98 Å². The van der Waals surface area contributed by atoms with E-state index in [0.717, 1.165) is 27.0 Å². The minimum absolute atomic E-state index is 0.0121. The summed E-state index contributed by atoms with van der Waals surface area (Å²) in [5.74, 6) is 0.0594. The number of rotatable bonds is 4. The fraction of sp³-hybridized carbons (Fsp3) is 0.562. The topological polar surface area (TPSA) is 51.0 Å². The Hall–Kier alpha value is -1.69. The summed E-state index contributed by atoms with van der Waals surface area (Å²) >= 11 is 1.66. The number of aromatic nitrogens is 3. The molecule has 2 aromatic heterocycles. The number of carbonyl (C=O) groups is 1. The van der Waals surface area contributed by atoms with Crippen LogP contribution in [0, 0.1) is 27.7 Å². The predicted octanol–water partition coefficient (Wildman–Crippen LogP) is 3.35. The molecule has 0 aromatic carbocycles. The number of hydrogen-bond acceptors (Lipinski definition) is 4. The number of amides is 1. The van der Waals surface area contributed by atoms with Crippen molar-refractivity contribution in [2.75, 3.05) is 7.05 Å². The minimum atomic E-state index is -0.310. The molecule has 0 N–H and O–H groups in total. The molecule has 2 aromatic rings. The molecule has 0 aliphatic heterocycles. The van der Waals surface area contributed by atoms with Crippen molar-refractivity contribution < 1.29 is 4.79 Å². The van der Waals surface area contributed by atoms with Gasteiger partial charge in [-0.2, -0.15) is 5.10 Å². The fourth-order valence-electron chi connectivity index (χ4n) is 2.74. The van der Waals surface area contributed by atoms with Crippen LogP contribution in [0.15, 0.2) is 6.07 Å². The smallest absolute Gasteiger partial charge is 0.247 e. The van der Waals surface area contributed by atoms with Crippen molar-refractivity contribution in [3.63, 3.8) is 0 Å². The van der Waals surface area contributed by atoms with Crippen LogP contribution >= 0.6 is 11.3 Å². The summed E-state index contributed by atoms with van der Waals surface area (Å²) in [6, 6.07) is 1.69. The molecule has 0 spiro atoms. The van der Waals surface area contributed by atoms with Crippen LogP contribution in [0.1, 0.15) is 52.9 Å². The van der Waals surface area contributed by atoms with Crippen LogP contribution in [0.3, 0.4) is 0 Å². The number of thiazole rings is 1. The Bertz CT molecular complexity index is 688. The summed E-state index contributed by atoms with van der Waals surface area (Å²) in [5, 5.41) is 5.46. The van der Waals surface area contributed by atoms with Crippen LogP contribution in [0.25, 0.3) is 0 Å². The molecule has 0 fully saturated rings. The van der Waals surface area contributed by atoms with E-state index < -0.39 is 0 Å². The molecule has 1 amide bonds. The van der Waals surface area contributed by atoms with E-state index in [9.17, 15) is 4.79 Å². The zero-order valence-electron chi connectivity index (χ0n) is 14.3. The van der Waals surface area contributed by atoms with Crippen molar-refractivity contribution in [1.29, 1.82) is 0 Å². The van der Waals surface area contributed by atoms with Gasteiger partial charge in [-0.15, -0.1) is 11.3 Å². The summed E-state index contributed by atoms with van der Waals surface area (Å²) in [4.78, 5) is 20.2. The lowest BCUT2D eigenvalue weighted by Gasteiger charge is -2.27. The monoisotopic (exact) mass is 320 g/mol. The molecule has 2 rings (SSSR count). The molecule has 0 saturated heterocycles. The summed E-state index contributed by atoms with van der Waals surface area (Å²) in [7, 11) is 1.85. The average Bonchev–Trinajstić information content (AvgIpc) is 2.96. The van der Waals surface area contributed by atoms with Gasteiger partial charge < -0.3 is 4.90 Å². The van der Waals surface area contributed by atoms with Crippen LogP contribution in [0.5, 0.6) is 0 Å². The van der Waals surface area contributed by atoms with E-state index in [-0.39, 0.29) is 18.0 Å². The minimum Gasteiger partial charge on any atom is -0.336 e. The molecule has 0 aliphatic rings. The normalized spacial score (nSPS) is 14.0. The van der Waals surface area contributed by atoms with Crippen molar-refractivity contribution in [2.45, 2.75) is 53.6 Å². The van der Waals surface area contributed by atoms with E-state index in [2.05, 4.69) is 10.1 Å². The highest BCUT2D eigenvalue weighted by atomic mass is 32.1. The number of nitrogens with zero attached hydrogens (tertiary/aromatic N) is 4. The first kappa shape index (κ1) is 16.7. The first-order valence-electron chi connectivity index (χ1n) is 7.45. The lowest BCUT2D eigenvalue weighted by Crippen LogP contribution is -2.35. The van der Waals surface area contributed by atoms with Crippen LogP contribution in [0.2, 0.25) is 0 Å². The summed E-state index contributed by atoms with van der Waals surface area (Å²) < 4.78 is 1.80. The van der Waals surface area contributed by atoms with E-state index >= 15 is 0 Å². The van der Waals surface area contributed by atoms with Crippen molar-refractivity contribution in [1.82, 2.24) is 19.7 Å². The molecule has 22 heavy (non-hydrogen) atoms. The second-order valence-corrected chi connectivity index (χ2v) is 7.09. The van der Waals surface area contributed by atoms with Crippen LogP contribution < -0.4 is 0 Å². The lowest BCUT2D eigenvalue weighted by molar-refractivity contribution is -0.135. The average molecular weight is 320 g/mol. The van der Waals surface area contributed by atoms with Crippen molar-refractivity contribution >= 4 is 17.2 Å². The Labute approximate surface area is 136 Å². The molecule has 6 heteroatoms. The van der Waals surface area contributed by atoms with Crippen LogP contribution in [-0.4, -0.2) is 32.6 Å². The third-order valence-electron chi connectivity index (χ3n) is 4.02. The highest BCUT2D eigenvalue weighted by Gasteiger charge is 2.27. The quantitative estimate of drug-likeness (QED) is 0.868. The van der Waals surface area contributed by atoms with Crippen molar-refractivity contribution in [2.24, 2.45) is 0 Å². The van der Waals surface area contributed by atoms with Gasteiger partial charge in [0.1, 0.15) is 6.04 Å². The largest absolute Gasteiger partial charge is 0.336 e. The van der Waals surface area contributed by atoms with Gasteiger partial charge in [0.2, 0.25) is 5.91 Å². The molecule has 0 radical (unpaired) electrons. The number of likely N-dealkylation sites (N-methyl/N-ethyl adjacent to an activating group) is 1. The third kappa shape index (κ3) is 3.06. The van der Waals surface area contributed by atoms with E-state index in [4.69, 9.17) is 0 Å². The molecule has 5 nitrogen and oxygen atoms in total. The highest BCUT2D eigenvalue weighted by molar-refractivity contribution is 7.11. The SMILES string of the molecule is Cc1cc(C)n([C@@H](C)C(=O)N(C)[C@@H](C)c2sc(C)nc2C)n1. The number of aryl methyl sites for hydroxylation is 4. The Morgan fingerprint density at radius 1 is 1.27 bits per heavy atom. The Kier molecular flexibility index (Phi) is 4.70. The van der Waals surface area contributed by atoms with E-state index in [0.29, 0.717) is 0 Å². The van der Waals surface area contributed by atoms with Crippen molar-refractivity contribution in [3.8, 4) is 0 Å². The van der Waals surface area contributed by atoms with Crippen LogP contribution in [0.4, 0.5) is 0 Å². The van der Waals surface area contributed by atoms with Crippen molar-refractivity contribution in [3.05, 3.63) is 33.0 Å². The van der Waals surface area contributed by atoms with Crippen LogP contribution in [-0.2, 0) is 4.79 Å². The zero-order valence-corrected chi connectivity index (χ0v) is 15.2. The molecule has 0 unspecified atom stereocenters. The number of carbonyl (C=O) groups excluding carboxylic acids is 1. The van der Waals surface area contributed by atoms with Gasteiger partial charge in [0.15, 0.2) is 0 Å². The summed E-state index contributed by atoms with van der Waals surface area (Å²) in [5.41, 5.74) is 2.94. The standard InChI is InChI=1S/C16H24N4OS/c1-9-8-10(2)20(18-9)13(5)16(21)19(7)12(4)15-11(3)17-14(6)22-15/h8,12-13H,1-7H3/t12-,13-/m0/s1. The maximum atomic E-state index is 12.8. The van der Waals surface area contributed by atoms with Gasteiger partial charge in [0, 0.05) is 17.6 Å². The van der Waals surface area contributed by atoms with Gasteiger partial charge in [-0.05, 0) is 47.6 Å². The lowest BCUT2D eigenvalue weighted by atomic mass is 10.2. The molecule has 2 atom stereocenters. The van der Waals surface area contributed by atoms with Gasteiger partial charge in [0.05, 0.1) is 22.4 Å². The van der Waals surface area contributed by atoms with E-state index in [1.54, 1.807) is 20.9 Å². The Morgan fingerprint density at radius 3 is 2.36 bits per heavy atom. The molecule has 120 valence electrons. The Morgan fingerprint density at radius 2 is 1.91 bits per heavy atom. The molecule has 2 heterocycles. The van der Waals surface area contributed by atoms with E-state index in [1.165, 1.54) is 0 Å². The fourth-order valence-corrected chi connectivity index (χ4v) is 3.76. The second kappa shape index (κ2) is 6.20. The molecule has 0 aliphatic carbocycles. The highest BCUT2D eigenvalue weighted by Crippen LogP contribution is 2.29. The number of hydrogen-bond donors (Lipinski definition) is 0. The molecular formula is C16H24N4OS. The van der Waals surface area contributed by atoms with Gasteiger partial charge in [-0.1, -0.05) is 0 Å². The first-order valence-corrected chi connectivity index (χ1v) is 8.27. The van der Waals surface area contributed by atoms with Gasteiger partial charge >= 0.3 is 0 Å². The Balaban J connectivity index is 2.21. The van der Waals surface area contributed by atoms with Gasteiger partial charge in [0.25, 0.3) is 0 Å². The maximum Gasteiger partial charge on any atom is 0.247 e.